The molecule has 13 heteroatoms. The Bertz CT molecular complexity index is 1360. The number of nitrogens with one attached hydrogen (secondary N) is 3. The van der Waals surface area contributed by atoms with Gasteiger partial charge in [0.1, 0.15) is 11.9 Å². The summed E-state index contributed by atoms with van der Waals surface area (Å²) in [6.45, 7) is -0.433. The van der Waals surface area contributed by atoms with Crippen LogP contribution in [0, 0.1) is 0 Å². The van der Waals surface area contributed by atoms with Crippen molar-refractivity contribution in [2.75, 3.05) is 18.5 Å². The number of aliphatic carboxylic acids is 1. The Labute approximate surface area is 245 Å². The number of hydrogen-bond acceptors (Lipinski definition) is 7. The number of pyridine rings is 1. The maximum absolute atomic E-state index is 13.2. The summed E-state index contributed by atoms with van der Waals surface area (Å²) in [5.41, 5.74) is 2.25. The molecule has 0 saturated heterocycles. The highest BCUT2D eigenvalue weighted by atomic mass is 19.4. The average molecular weight is 601 g/mol. The first-order valence-corrected chi connectivity index (χ1v) is 13.4. The number of rotatable bonds is 15. The molecule has 4 N–H and O–H groups in total. The highest BCUT2D eigenvalue weighted by Gasteiger charge is 2.41. The fraction of sp³-hybridized carbons (Fsp3) is 0.300. The summed E-state index contributed by atoms with van der Waals surface area (Å²) in [6, 6.07) is 19.1. The van der Waals surface area contributed by atoms with Crippen LogP contribution in [0.3, 0.4) is 0 Å². The Morgan fingerprint density at radius 1 is 0.884 bits per heavy atom. The fourth-order valence-corrected chi connectivity index (χ4v) is 4.06. The van der Waals surface area contributed by atoms with Crippen molar-refractivity contribution in [1.29, 1.82) is 0 Å². The molecule has 3 rings (SSSR count). The molecule has 0 aliphatic carbocycles. The molecule has 0 radical (unpaired) electrons. The molecule has 0 fully saturated rings. The van der Waals surface area contributed by atoms with E-state index in [0.717, 1.165) is 11.1 Å². The lowest BCUT2D eigenvalue weighted by Gasteiger charge is -2.23. The number of nitrogens with zero attached hydrogens (tertiary/aromatic N) is 1. The van der Waals surface area contributed by atoms with Gasteiger partial charge in [-0.25, -0.2) is 9.78 Å². The van der Waals surface area contributed by atoms with Crippen LogP contribution in [0.15, 0.2) is 79.0 Å². The number of alkyl halides is 3. The molecule has 3 aromatic rings. The van der Waals surface area contributed by atoms with Gasteiger partial charge in [0.15, 0.2) is 0 Å². The van der Waals surface area contributed by atoms with E-state index in [9.17, 15) is 37.5 Å². The van der Waals surface area contributed by atoms with Gasteiger partial charge in [-0.2, -0.15) is 13.2 Å². The Balaban J connectivity index is 1.67. The second kappa shape index (κ2) is 15.9. The second-order valence-electron chi connectivity index (χ2n) is 9.43. The van der Waals surface area contributed by atoms with Crippen LogP contribution >= 0.6 is 0 Å². The summed E-state index contributed by atoms with van der Waals surface area (Å²) in [5, 5.41) is 17.5. The first-order chi connectivity index (χ1) is 20.5. The summed E-state index contributed by atoms with van der Waals surface area (Å²) in [6.07, 6.45) is -4.29. The summed E-state index contributed by atoms with van der Waals surface area (Å²) in [4.78, 5) is 52.7. The van der Waals surface area contributed by atoms with Crippen molar-refractivity contribution in [3.63, 3.8) is 0 Å². The average Bonchev–Trinajstić information content (AvgIpc) is 2.98. The lowest BCUT2D eigenvalue weighted by molar-refractivity contribution is -0.199. The molecular weight excluding hydrogens is 569 g/mol. The zero-order chi connectivity index (χ0) is 31.2. The van der Waals surface area contributed by atoms with E-state index in [0.29, 0.717) is 24.3 Å². The number of carbonyl (C=O) groups is 4. The zero-order valence-electron chi connectivity index (χ0n) is 23.0. The van der Waals surface area contributed by atoms with Crippen LogP contribution in [0.2, 0.25) is 0 Å². The number of esters is 1. The van der Waals surface area contributed by atoms with E-state index >= 15 is 0 Å². The minimum Gasteiger partial charge on any atom is -0.481 e. The lowest BCUT2D eigenvalue weighted by Crippen LogP contribution is -2.48. The van der Waals surface area contributed by atoms with Crippen LogP contribution in [0.5, 0.6) is 0 Å². The molecule has 43 heavy (non-hydrogen) atoms. The molecule has 0 aliphatic heterocycles. The monoisotopic (exact) mass is 600 g/mol. The summed E-state index contributed by atoms with van der Waals surface area (Å²) in [7, 11) is 0. The molecule has 1 unspecified atom stereocenters. The third-order valence-electron chi connectivity index (χ3n) is 6.19. The summed E-state index contributed by atoms with van der Waals surface area (Å²) in [5.74, 6) is -4.46. The van der Waals surface area contributed by atoms with E-state index in [1.54, 1.807) is 48.7 Å². The van der Waals surface area contributed by atoms with Crippen molar-refractivity contribution < 1.29 is 42.2 Å². The topological polar surface area (TPSA) is 147 Å². The van der Waals surface area contributed by atoms with E-state index in [2.05, 4.69) is 25.7 Å². The van der Waals surface area contributed by atoms with Crippen LogP contribution in [-0.2, 0) is 23.9 Å². The van der Waals surface area contributed by atoms with Gasteiger partial charge in [0.05, 0.1) is 19.1 Å². The van der Waals surface area contributed by atoms with Crippen LogP contribution < -0.4 is 16.0 Å². The number of aromatic nitrogens is 1. The van der Waals surface area contributed by atoms with Gasteiger partial charge in [-0.15, -0.1) is 0 Å². The highest BCUT2D eigenvalue weighted by Crippen LogP contribution is 2.24. The zero-order valence-corrected chi connectivity index (χ0v) is 23.0. The molecule has 2 aromatic carbocycles. The van der Waals surface area contributed by atoms with Crippen LogP contribution in [0.1, 0.15) is 37.3 Å². The number of carboxylic acid groups (broad SMARTS) is 1. The Morgan fingerprint density at radius 2 is 1.56 bits per heavy atom. The van der Waals surface area contributed by atoms with Crippen molar-refractivity contribution in [3.8, 4) is 11.1 Å². The standard InChI is InChI=1S/C30H31F3N4O6/c31-30(32,33)29(42)43-18-15-23(36-26(38)10-6-17-35-25-9-4-5-16-34-25)28(41)37-24(19-27(39)40)22-13-11-21(12-14-22)20-7-2-1-3-8-20/h1-5,7-9,11-14,16,23-24H,6,10,15,17-19H2,(H,34,35)(H,36,38)(H,37,41)(H,39,40)/t23-,24?/m0/s1. The Kier molecular flexibility index (Phi) is 12.0. The summed E-state index contributed by atoms with van der Waals surface area (Å²) < 4.78 is 41.9. The minimum atomic E-state index is -5.22. The van der Waals surface area contributed by atoms with E-state index in [4.69, 9.17) is 0 Å². The molecule has 0 saturated carbocycles. The maximum atomic E-state index is 13.2. The van der Waals surface area contributed by atoms with Crippen molar-refractivity contribution in [1.82, 2.24) is 15.6 Å². The third-order valence-corrected chi connectivity index (χ3v) is 6.19. The van der Waals surface area contributed by atoms with Gasteiger partial charge in [-0.3, -0.25) is 14.4 Å². The predicted octanol–water partition coefficient (Wildman–Crippen LogP) is 4.25. The molecule has 0 bridgehead atoms. The number of hydrogen-bond donors (Lipinski definition) is 4. The predicted molar refractivity (Wildman–Crippen MR) is 151 cm³/mol. The lowest BCUT2D eigenvalue weighted by atomic mass is 9.98. The van der Waals surface area contributed by atoms with E-state index in [1.807, 2.05) is 30.3 Å². The molecule has 228 valence electrons. The van der Waals surface area contributed by atoms with Gasteiger partial charge in [0.2, 0.25) is 11.8 Å². The number of anilines is 1. The second-order valence-corrected chi connectivity index (χ2v) is 9.43. The van der Waals surface area contributed by atoms with Crippen molar-refractivity contribution in [3.05, 3.63) is 84.6 Å². The van der Waals surface area contributed by atoms with Crippen molar-refractivity contribution >= 4 is 29.6 Å². The number of carboxylic acids is 1. The van der Waals surface area contributed by atoms with Gasteiger partial charge in [0.25, 0.3) is 0 Å². The molecule has 10 nitrogen and oxygen atoms in total. The third kappa shape index (κ3) is 11.1. The van der Waals surface area contributed by atoms with Crippen molar-refractivity contribution in [2.45, 2.75) is 43.9 Å². The molecule has 0 aliphatic rings. The highest BCUT2D eigenvalue weighted by molar-refractivity contribution is 5.88. The van der Waals surface area contributed by atoms with Gasteiger partial charge < -0.3 is 25.8 Å². The van der Waals surface area contributed by atoms with Crippen molar-refractivity contribution in [2.24, 2.45) is 0 Å². The first kappa shape index (κ1) is 32.6. The quantitative estimate of drug-likeness (QED) is 0.150. The Hall–Kier alpha value is -4.94. The van der Waals surface area contributed by atoms with Crippen LogP contribution in [0.4, 0.5) is 19.0 Å². The van der Waals surface area contributed by atoms with E-state index in [-0.39, 0.29) is 6.42 Å². The van der Waals surface area contributed by atoms with E-state index in [1.165, 1.54) is 0 Å². The van der Waals surface area contributed by atoms with Crippen LogP contribution in [0.25, 0.3) is 11.1 Å². The largest absolute Gasteiger partial charge is 0.490 e. The normalized spacial score (nSPS) is 12.4. The molecular formula is C30H31F3N4O6. The molecule has 2 amide bonds. The molecule has 1 aromatic heterocycles. The SMILES string of the molecule is O=C(O)CC(NC(=O)[C@H](CCOC(=O)C(F)(F)F)NC(=O)CCCNc1ccccn1)c1ccc(-c2ccccc2)cc1. The van der Waals surface area contributed by atoms with E-state index < -0.39 is 61.5 Å². The van der Waals surface area contributed by atoms with Crippen LogP contribution in [-0.4, -0.2) is 59.2 Å². The molecule has 2 atom stereocenters. The number of ether oxygens (including phenoxy) is 1. The number of halogens is 3. The first-order valence-electron chi connectivity index (χ1n) is 13.4. The molecule has 0 spiro atoms. The minimum absolute atomic E-state index is 0.0363. The van der Waals surface area contributed by atoms with Gasteiger partial charge in [0, 0.05) is 25.6 Å². The number of amides is 2. The maximum Gasteiger partial charge on any atom is 0.490 e. The number of carbonyl (C=O) groups excluding carboxylic acids is 3. The van der Waals surface area contributed by atoms with Gasteiger partial charge in [-0.05, 0) is 35.2 Å². The smallest absolute Gasteiger partial charge is 0.481 e. The van der Waals surface area contributed by atoms with Gasteiger partial charge in [-0.1, -0.05) is 60.7 Å². The summed E-state index contributed by atoms with van der Waals surface area (Å²) >= 11 is 0. The molecule has 1 heterocycles. The fourth-order valence-electron chi connectivity index (χ4n) is 4.06. The Morgan fingerprint density at radius 3 is 2.19 bits per heavy atom. The number of benzene rings is 2. The van der Waals surface area contributed by atoms with Gasteiger partial charge >= 0.3 is 18.1 Å².